The van der Waals surface area contributed by atoms with Gasteiger partial charge in [-0.1, -0.05) is 0 Å². The van der Waals surface area contributed by atoms with Crippen LogP contribution in [0.4, 0.5) is 13.2 Å². The van der Waals surface area contributed by atoms with E-state index < -0.39 is 31.1 Å². The first-order valence-electron chi connectivity index (χ1n) is 5.42. The molecule has 106 valence electrons. The summed E-state index contributed by atoms with van der Waals surface area (Å²) in [7, 11) is 0. The van der Waals surface area contributed by atoms with Crippen molar-refractivity contribution in [3.63, 3.8) is 0 Å². The summed E-state index contributed by atoms with van der Waals surface area (Å²) in [4.78, 5) is 23.2. The molecule has 0 fully saturated rings. The fraction of sp³-hybridized carbons (Fsp3) is 0.800. The molecule has 0 saturated heterocycles. The minimum atomic E-state index is -4.37. The van der Waals surface area contributed by atoms with Gasteiger partial charge in [0.1, 0.15) is 0 Å². The van der Waals surface area contributed by atoms with Gasteiger partial charge >= 0.3 is 12.1 Å². The van der Waals surface area contributed by atoms with Gasteiger partial charge in [0.15, 0.2) is 0 Å². The summed E-state index contributed by atoms with van der Waals surface area (Å²) in [6.45, 7) is 1.62. The van der Waals surface area contributed by atoms with Crippen molar-refractivity contribution in [1.29, 1.82) is 0 Å². The van der Waals surface area contributed by atoms with Crippen molar-refractivity contribution in [2.75, 3.05) is 19.6 Å². The van der Waals surface area contributed by atoms with Crippen molar-refractivity contribution in [3.05, 3.63) is 0 Å². The summed E-state index contributed by atoms with van der Waals surface area (Å²) in [5, 5.41) is 10.5. The number of carboxylic acids is 1. The summed E-state index contributed by atoms with van der Waals surface area (Å²) in [6, 6.07) is -0.260. The topological polar surface area (TPSA) is 69.6 Å². The lowest BCUT2D eigenvalue weighted by Crippen LogP contribution is -2.44. The summed E-state index contributed by atoms with van der Waals surface area (Å²) in [5.41, 5.74) is 0. The molecule has 1 amide bonds. The van der Waals surface area contributed by atoms with Crippen LogP contribution in [0, 0.1) is 0 Å². The summed E-state index contributed by atoms with van der Waals surface area (Å²) in [6.07, 6.45) is -4.60. The second-order valence-corrected chi connectivity index (χ2v) is 4.04. The van der Waals surface area contributed by atoms with Gasteiger partial charge in [-0.15, -0.1) is 0 Å². The molecule has 0 spiro atoms. The summed E-state index contributed by atoms with van der Waals surface area (Å²) < 4.78 is 35.6. The van der Waals surface area contributed by atoms with E-state index >= 15 is 0 Å². The molecule has 8 heteroatoms. The van der Waals surface area contributed by atoms with Crippen LogP contribution >= 0.6 is 0 Å². The molecule has 0 aromatic heterocycles. The molecular formula is C10H17F3N2O3. The summed E-state index contributed by atoms with van der Waals surface area (Å²) in [5.74, 6) is -1.60. The van der Waals surface area contributed by atoms with Crippen LogP contribution in [0.1, 0.15) is 20.3 Å². The molecule has 0 rings (SSSR count). The van der Waals surface area contributed by atoms with E-state index in [1.54, 1.807) is 13.8 Å². The Hall–Kier alpha value is -1.31. The number of carboxylic acid groups (broad SMARTS) is 1. The number of nitrogens with zero attached hydrogens (tertiary/aromatic N) is 1. The number of carbonyl (C=O) groups excluding carboxylic acids is 1. The van der Waals surface area contributed by atoms with Crippen LogP contribution in [-0.4, -0.2) is 53.7 Å². The molecule has 0 radical (unpaired) electrons. The molecule has 18 heavy (non-hydrogen) atoms. The van der Waals surface area contributed by atoms with Gasteiger partial charge in [0.05, 0.1) is 19.5 Å². The Kier molecular flexibility index (Phi) is 6.67. The quantitative estimate of drug-likeness (QED) is 0.719. The van der Waals surface area contributed by atoms with Crippen LogP contribution in [0.3, 0.4) is 0 Å². The van der Waals surface area contributed by atoms with E-state index in [1.807, 2.05) is 5.32 Å². The number of hydrogen-bond donors (Lipinski definition) is 2. The number of amides is 1. The highest BCUT2D eigenvalue weighted by Gasteiger charge is 2.27. The molecule has 0 atom stereocenters. The van der Waals surface area contributed by atoms with Crippen molar-refractivity contribution in [1.82, 2.24) is 10.2 Å². The van der Waals surface area contributed by atoms with Gasteiger partial charge in [0.2, 0.25) is 5.91 Å². The maximum absolute atomic E-state index is 11.9. The van der Waals surface area contributed by atoms with E-state index in [-0.39, 0.29) is 19.0 Å². The van der Waals surface area contributed by atoms with Gasteiger partial charge in [-0.3, -0.25) is 9.59 Å². The van der Waals surface area contributed by atoms with Crippen LogP contribution in [0.25, 0.3) is 0 Å². The fourth-order valence-electron chi connectivity index (χ4n) is 1.30. The van der Waals surface area contributed by atoms with Gasteiger partial charge in [-0.2, -0.15) is 13.2 Å². The molecular weight excluding hydrogens is 253 g/mol. The zero-order valence-electron chi connectivity index (χ0n) is 10.3. The monoisotopic (exact) mass is 270 g/mol. The molecule has 0 aliphatic heterocycles. The number of carbonyl (C=O) groups is 2. The van der Waals surface area contributed by atoms with Gasteiger partial charge in [0.25, 0.3) is 0 Å². The highest BCUT2D eigenvalue weighted by Crippen LogP contribution is 2.12. The molecule has 0 unspecified atom stereocenters. The van der Waals surface area contributed by atoms with Gasteiger partial charge in [-0.25, -0.2) is 0 Å². The van der Waals surface area contributed by atoms with Crippen LogP contribution in [0.2, 0.25) is 0 Å². The van der Waals surface area contributed by atoms with E-state index in [1.165, 1.54) is 4.90 Å². The molecule has 0 aliphatic rings. The van der Waals surface area contributed by atoms with Crippen molar-refractivity contribution < 1.29 is 27.9 Å². The Labute approximate surface area is 103 Å². The zero-order chi connectivity index (χ0) is 14.3. The largest absolute Gasteiger partial charge is 0.481 e. The van der Waals surface area contributed by atoms with Crippen LogP contribution in [0.5, 0.6) is 0 Å². The maximum atomic E-state index is 11.9. The second-order valence-electron chi connectivity index (χ2n) is 4.04. The number of rotatable bonds is 7. The van der Waals surface area contributed by atoms with E-state index in [9.17, 15) is 22.8 Å². The Morgan fingerprint density at radius 1 is 1.33 bits per heavy atom. The van der Waals surface area contributed by atoms with Gasteiger partial charge < -0.3 is 15.3 Å². The van der Waals surface area contributed by atoms with Crippen LogP contribution in [0.15, 0.2) is 0 Å². The highest BCUT2D eigenvalue weighted by molar-refractivity contribution is 5.79. The molecule has 2 N–H and O–H groups in total. The molecule has 5 nitrogen and oxygen atoms in total. The second kappa shape index (κ2) is 7.20. The Morgan fingerprint density at radius 3 is 2.28 bits per heavy atom. The van der Waals surface area contributed by atoms with E-state index in [4.69, 9.17) is 5.11 Å². The Bertz CT molecular complexity index is 293. The Morgan fingerprint density at radius 2 is 1.89 bits per heavy atom. The lowest BCUT2D eigenvalue weighted by atomic mass is 10.2. The first-order chi connectivity index (χ1) is 8.13. The zero-order valence-corrected chi connectivity index (χ0v) is 10.3. The first kappa shape index (κ1) is 16.7. The van der Waals surface area contributed by atoms with Gasteiger partial charge in [0, 0.05) is 12.6 Å². The summed E-state index contributed by atoms with van der Waals surface area (Å²) >= 11 is 0. The van der Waals surface area contributed by atoms with Crippen LogP contribution < -0.4 is 5.32 Å². The van der Waals surface area contributed by atoms with Crippen molar-refractivity contribution in [3.8, 4) is 0 Å². The molecule has 0 aromatic rings. The van der Waals surface area contributed by atoms with Crippen LogP contribution in [-0.2, 0) is 9.59 Å². The molecule has 0 saturated carbocycles. The average molecular weight is 270 g/mol. The molecule has 0 aromatic carbocycles. The standard InChI is InChI=1S/C10H17F3N2O3/c1-7(2)15(4-3-9(17)18)8(16)5-14-6-10(11,12)13/h7,14H,3-6H2,1-2H3,(H,17,18). The minimum absolute atomic E-state index is 0.0144. The normalized spacial score (nSPS) is 11.7. The van der Waals surface area contributed by atoms with Crippen molar-refractivity contribution in [2.45, 2.75) is 32.5 Å². The predicted molar refractivity (Wildman–Crippen MR) is 58.0 cm³/mol. The number of aliphatic carboxylic acids is 1. The lowest BCUT2D eigenvalue weighted by molar-refractivity contribution is -0.139. The third kappa shape index (κ3) is 7.88. The molecule has 0 bridgehead atoms. The van der Waals surface area contributed by atoms with E-state index in [0.29, 0.717) is 0 Å². The first-order valence-corrected chi connectivity index (χ1v) is 5.42. The van der Waals surface area contributed by atoms with E-state index in [2.05, 4.69) is 0 Å². The lowest BCUT2D eigenvalue weighted by Gasteiger charge is -2.26. The fourth-order valence-corrected chi connectivity index (χ4v) is 1.30. The number of halogens is 3. The maximum Gasteiger partial charge on any atom is 0.401 e. The molecule has 0 aliphatic carbocycles. The van der Waals surface area contributed by atoms with Crippen molar-refractivity contribution >= 4 is 11.9 Å². The molecule has 0 heterocycles. The smallest absolute Gasteiger partial charge is 0.401 e. The van der Waals surface area contributed by atoms with Crippen molar-refractivity contribution in [2.24, 2.45) is 0 Å². The average Bonchev–Trinajstić information content (AvgIpc) is 2.14. The van der Waals surface area contributed by atoms with Gasteiger partial charge in [-0.05, 0) is 13.8 Å². The number of nitrogens with one attached hydrogen (secondary N) is 1. The third-order valence-corrected chi connectivity index (χ3v) is 2.11. The van der Waals surface area contributed by atoms with E-state index in [0.717, 1.165) is 0 Å². The predicted octanol–water partition coefficient (Wildman–Crippen LogP) is 0.850. The highest BCUT2D eigenvalue weighted by atomic mass is 19.4. The third-order valence-electron chi connectivity index (χ3n) is 2.11. The Balaban J connectivity index is 4.19. The number of alkyl halides is 3. The number of hydrogen-bond acceptors (Lipinski definition) is 3. The minimum Gasteiger partial charge on any atom is -0.481 e. The SMILES string of the molecule is CC(C)N(CCC(=O)O)C(=O)CNCC(F)(F)F.